The molecule has 2 heterocycles. The quantitative estimate of drug-likeness (QED) is 0.654. The third-order valence-electron chi connectivity index (χ3n) is 5.28. The molecule has 0 N–H and O–H groups in total. The number of amides is 2. The van der Waals surface area contributed by atoms with E-state index >= 15 is 0 Å². The van der Waals surface area contributed by atoms with Gasteiger partial charge in [-0.25, -0.2) is 0 Å². The Morgan fingerprint density at radius 1 is 0.889 bits per heavy atom. The second-order valence-electron chi connectivity index (χ2n) is 7.26. The van der Waals surface area contributed by atoms with Crippen molar-refractivity contribution in [3.63, 3.8) is 0 Å². The summed E-state index contributed by atoms with van der Waals surface area (Å²) in [5.41, 5.74) is 0.603. The number of hydrogen-bond donors (Lipinski definition) is 0. The Kier molecular flexibility index (Phi) is 6.96. The van der Waals surface area contributed by atoms with E-state index in [1.165, 1.54) is 25.7 Å². The van der Waals surface area contributed by atoms with Gasteiger partial charge in [-0.15, -0.1) is 0 Å². The van der Waals surface area contributed by atoms with Crippen LogP contribution in [0.1, 0.15) is 62.2 Å². The molecule has 0 unspecified atom stereocenters. The first kappa shape index (κ1) is 19.5. The van der Waals surface area contributed by atoms with Gasteiger partial charge in [0.25, 0.3) is 5.91 Å². The molecular weight excluding hydrogens is 344 g/mol. The van der Waals surface area contributed by atoms with E-state index in [0.717, 1.165) is 12.8 Å². The van der Waals surface area contributed by atoms with Crippen LogP contribution in [0.15, 0.2) is 18.2 Å². The second-order valence-corrected chi connectivity index (χ2v) is 7.26. The van der Waals surface area contributed by atoms with Gasteiger partial charge in [0.1, 0.15) is 0 Å². The number of piperazine rings is 1. The lowest BCUT2D eigenvalue weighted by molar-refractivity contribution is -0.132. The molecule has 27 heavy (non-hydrogen) atoms. The zero-order valence-electron chi connectivity index (χ0n) is 16.2. The summed E-state index contributed by atoms with van der Waals surface area (Å²) in [7, 11) is 0. The van der Waals surface area contributed by atoms with E-state index in [-0.39, 0.29) is 18.6 Å². The molecule has 148 valence electrons. The SMILES string of the molecule is CCCCCCCCC(=O)N1CCN(C(=O)c2ccc3c(c2)OCO3)CC1. The van der Waals surface area contributed by atoms with Crippen LogP contribution in [0.3, 0.4) is 0 Å². The van der Waals surface area contributed by atoms with Crippen LogP contribution in [-0.4, -0.2) is 54.6 Å². The minimum Gasteiger partial charge on any atom is -0.454 e. The number of carbonyl (C=O) groups is 2. The van der Waals surface area contributed by atoms with Gasteiger partial charge in [0.05, 0.1) is 0 Å². The summed E-state index contributed by atoms with van der Waals surface area (Å²) < 4.78 is 10.6. The third-order valence-corrected chi connectivity index (χ3v) is 5.28. The summed E-state index contributed by atoms with van der Waals surface area (Å²) in [6, 6.07) is 5.28. The van der Waals surface area contributed by atoms with Crippen molar-refractivity contribution in [2.45, 2.75) is 51.9 Å². The van der Waals surface area contributed by atoms with Gasteiger partial charge in [0.2, 0.25) is 12.7 Å². The first-order valence-electron chi connectivity index (χ1n) is 10.2. The first-order valence-corrected chi connectivity index (χ1v) is 10.2. The van der Waals surface area contributed by atoms with Gasteiger partial charge < -0.3 is 19.3 Å². The summed E-state index contributed by atoms with van der Waals surface area (Å²) in [6.45, 7) is 4.80. The molecule has 0 aliphatic carbocycles. The van der Waals surface area contributed by atoms with Crippen LogP contribution in [-0.2, 0) is 4.79 Å². The lowest BCUT2D eigenvalue weighted by atomic mass is 10.1. The predicted octanol–water partition coefficient (Wildman–Crippen LogP) is 3.45. The van der Waals surface area contributed by atoms with E-state index in [0.29, 0.717) is 49.7 Å². The number of rotatable bonds is 8. The molecule has 2 aliphatic rings. The zero-order valence-corrected chi connectivity index (χ0v) is 16.2. The van der Waals surface area contributed by atoms with Crippen LogP contribution < -0.4 is 9.47 Å². The van der Waals surface area contributed by atoms with Gasteiger partial charge in [-0.05, 0) is 24.6 Å². The second kappa shape index (κ2) is 9.62. The maximum absolute atomic E-state index is 12.7. The van der Waals surface area contributed by atoms with Gasteiger partial charge >= 0.3 is 0 Å². The van der Waals surface area contributed by atoms with Crippen LogP contribution in [0.5, 0.6) is 11.5 Å². The molecule has 0 atom stereocenters. The van der Waals surface area contributed by atoms with E-state index in [2.05, 4.69) is 6.92 Å². The minimum absolute atomic E-state index is 0.0173. The van der Waals surface area contributed by atoms with Crippen molar-refractivity contribution in [2.75, 3.05) is 33.0 Å². The monoisotopic (exact) mass is 374 g/mol. The average Bonchev–Trinajstić information content (AvgIpc) is 3.18. The van der Waals surface area contributed by atoms with Crippen molar-refractivity contribution in [1.82, 2.24) is 9.80 Å². The van der Waals surface area contributed by atoms with Gasteiger partial charge in [-0.3, -0.25) is 9.59 Å². The fourth-order valence-corrected chi connectivity index (χ4v) is 3.59. The molecule has 1 aromatic rings. The molecule has 1 aromatic carbocycles. The summed E-state index contributed by atoms with van der Waals surface area (Å²) in [5, 5.41) is 0. The fraction of sp³-hybridized carbons (Fsp3) is 0.619. The normalized spacial score (nSPS) is 15.9. The Balaban J connectivity index is 1.40. The molecule has 0 aromatic heterocycles. The van der Waals surface area contributed by atoms with Crippen molar-refractivity contribution < 1.29 is 19.1 Å². The number of carbonyl (C=O) groups excluding carboxylic acids is 2. The molecule has 0 bridgehead atoms. The fourth-order valence-electron chi connectivity index (χ4n) is 3.59. The Bertz CT molecular complexity index is 654. The third kappa shape index (κ3) is 5.15. The number of unbranched alkanes of at least 4 members (excludes halogenated alkanes) is 5. The highest BCUT2D eigenvalue weighted by Crippen LogP contribution is 2.32. The summed E-state index contributed by atoms with van der Waals surface area (Å²) in [4.78, 5) is 28.8. The molecule has 3 rings (SSSR count). The number of benzene rings is 1. The standard InChI is InChI=1S/C21H30N2O4/c1-2-3-4-5-6-7-8-20(24)22-11-13-23(14-12-22)21(25)17-9-10-18-19(15-17)27-16-26-18/h9-10,15H,2-8,11-14,16H2,1H3. The lowest BCUT2D eigenvalue weighted by Gasteiger charge is -2.35. The van der Waals surface area contributed by atoms with E-state index in [1.807, 2.05) is 9.80 Å². The highest BCUT2D eigenvalue weighted by molar-refractivity contribution is 5.95. The van der Waals surface area contributed by atoms with E-state index < -0.39 is 0 Å². The van der Waals surface area contributed by atoms with Gasteiger partial charge in [0, 0.05) is 38.2 Å². The Morgan fingerprint density at radius 3 is 2.33 bits per heavy atom. The van der Waals surface area contributed by atoms with E-state index in [1.54, 1.807) is 18.2 Å². The molecule has 1 saturated heterocycles. The summed E-state index contributed by atoms with van der Waals surface area (Å²) in [5.74, 6) is 1.50. The zero-order chi connectivity index (χ0) is 19.1. The maximum atomic E-state index is 12.7. The van der Waals surface area contributed by atoms with Crippen molar-refractivity contribution in [2.24, 2.45) is 0 Å². The largest absolute Gasteiger partial charge is 0.454 e. The van der Waals surface area contributed by atoms with Crippen molar-refractivity contribution >= 4 is 11.8 Å². The number of ether oxygens (including phenoxy) is 2. The lowest BCUT2D eigenvalue weighted by Crippen LogP contribution is -2.50. The van der Waals surface area contributed by atoms with Crippen LogP contribution in [0, 0.1) is 0 Å². The summed E-state index contributed by atoms with van der Waals surface area (Å²) >= 11 is 0. The van der Waals surface area contributed by atoms with Crippen LogP contribution >= 0.6 is 0 Å². The number of fused-ring (bicyclic) bond motifs is 1. The van der Waals surface area contributed by atoms with Gasteiger partial charge in [0.15, 0.2) is 11.5 Å². The average molecular weight is 374 g/mol. The molecule has 0 spiro atoms. The molecule has 6 nitrogen and oxygen atoms in total. The Morgan fingerprint density at radius 2 is 1.56 bits per heavy atom. The van der Waals surface area contributed by atoms with Gasteiger partial charge in [-0.2, -0.15) is 0 Å². The molecule has 2 aliphatic heterocycles. The van der Waals surface area contributed by atoms with Gasteiger partial charge in [-0.1, -0.05) is 39.0 Å². The highest BCUT2D eigenvalue weighted by atomic mass is 16.7. The topological polar surface area (TPSA) is 59.1 Å². The molecule has 0 radical (unpaired) electrons. The Labute approximate surface area is 161 Å². The van der Waals surface area contributed by atoms with Crippen molar-refractivity contribution in [3.05, 3.63) is 23.8 Å². The highest BCUT2D eigenvalue weighted by Gasteiger charge is 2.25. The number of nitrogens with zero attached hydrogens (tertiary/aromatic N) is 2. The summed E-state index contributed by atoms with van der Waals surface area (Å²) in [6.07, 6.45) is 7.75. The van der Waals surface area contributed by atoms with Crippen LogP contribution in [0.25, 0.3) is 0 Å². The molecule has 0 saturated carbocycles. The smallest absolute Gasteiger partial charge is 0.254 e. The maximum Gasteiger partial charge on any atom is 0.254 e. The first-order chi connectivity index (χ1) is 13.2. The predicted molar refractivity (Wildman–Crippen MR) is 103 cm³/mol. The minimum atomic E-state index is -0.0173. The van der Waals surface area contributed by atoms with Crippen LogP contribution in [0.2, 0.25) is 0 Å². The molecular formula is C21H30N2O4. The molecule has 2 amide bonds. The number of hydrogen-bond acceptors (Lipinski definition) is 4. The van der Waals surface area contributed by atoms with E-state index in [9.17, 15) is 9.59 Å². The molecule has 1 fully saturated rings. The van der Waals surface area contributed by atoms with Crippen molar-refractivity contribution in [1.29, 1.82) is 0 Å². The Hall–Kier alpha value is -2.24. The van der Waals surface area contributed by atoms with Crippen molar-refractivity contribution in [3.8, 4) is 11.5 Å². The molecule has 6 heteroatoms. The van der Waals surface area contributed by atoms with Crippen LogP contribution in [0.4, 0.5) is 0 Å². The van der Waals surface area contributed by atoms with E-state index in [4.69, 9.17) is 9.47 Å².